The van der Waals surface area contributed by atoms with Crippen molar-refractivity contribution in [1.29, 1.82) is 0 Å². The average Bonchev–Trinajstić information content (AvgIpc) is 3.30. The predicted octanol–water partition coefficient (Wildman–Crippen LogP) is 0.271. The van der Waals surface area contributed by atoms with Crippen LogP contribution >= 0.6 is 11.3 Å². The second-order valence-corrected chi connectivity index (χ2v) is 7.74. The summed E-state index contributed by atoms with van der Waals surface area (Å²) in [7, 11) is 3.16. The van der Waals surface area contributed by atoms with Crippen molar-refractivity contribution in [3.05, 3.63) is 49.6 Å². The molecule has 1 aliphatic rings. The molecule has 1 saturated heterocycles. The molecule has 0 saturated carbocycles. The second-order valence-electron chi connectivity index (χ2n) is 6.71. The normalized spacial score (nSPS) is 16.5. The van der Waals surface area contributed by atoms with Gasteiger partial charge >= 0.3 is 5.69 Å². The molecule has 3 aromatic heterocycles. The number of rotatable bonds is 4. The van der Waals surface area contributed by atoms with Crippen LogP contribution in [-0.4, -0.2) is 54.7 Å². The molecule has 138 valence electrons. The summed E-state index contributed by atoms with van der Waals surface area (Å²) in [6.07, 6.45) is 1.66. The van der Waals surface area contributed by atoms with Crippen molar-refractivity contribution in [2.75, 3.05) is 26.2 Å². The van der Waals surface area contributed by atoms with Crippen LogP contribution in [0.15, 0.2) is 33.4 Å². The summed E-state index contributed by atoms with van der Waals surface area (Å²) in [6.45, 7) is 5.54. The Morgan fingerprint density at radius 1 is 1.08 bits per heavy atom. The van der Waals surface area contributed by atoms with Crippen LogP contribution in [0.25, 0.3) is 11.2 Å². The lowest BCUT2D eigenvalue weighted by atomic mass is 10.3. The average molecular weight is 374 g/mol. The second kappa shape index (κ2) is 6.82. The number of aryl methyl sites for hydroxylation is 1. The molecule has 1 fully saturated rings. The maximum Gasteiger partial charge on any atom is 0.332 e. The lowest BCUT2D eigenvalue weighted by Crippen LogP contribution is -2.46. The molecule has 8 nitrogen and oxygen atoms in total. The topological polar surface area (TPSA) is 68.3 Å². The third-order valence-electron chi connectivity index (χ3n) is 4.99. The lowest BCUT2D eigenvalue weighted by molar-refractivity contribution is 0.104. The fourth-order valence-electron chi connectivity index (χ4n) is 3.47. The fourth-order valence-corrected chi connectivity index (χ4v) is 4.22. The third-order valence-corrected chi connectivity index (χ3v) is 5.85. The number of thiophene rings is 1. The molecule has 9 heteroatoms. The quantitative estimate of drug-likeness (QED) is 0.656. The van der Waals surface area contributed by atoms with E-state index in [4.69, 9.17) is 0 Å². The first-order chi connectivity index (χ1) is 12.5. The molecule has 4 heterocycles. The summed E-state index contributed by atoms with van der Waals surface area (Å²) in [5.41, 5.74) is 0.248. The minimum absolute atomic E-state index is 0.329. The molecule has 0 spiro atoms. The van der Waals surface area contributed by atoms with E-state index in [1.54, 1.807) is 24.7 Å². The zero-order valence-electron chi connectivity index (χ0n) is 15.0. The monoisotopic (exact) mass is 374 g/mol. The molecule has 0 radical (unpaired) electrons. The van der Waals surface area contributed by atoms with E-state index >= 15 is 0 Å². The number of nitrogens with zero attached hydrogens (tertiary/aromatic N) is 6. The molecule has 26 heavy (non-hydrogen) atoms. The Hall–Kier alpha value is -2.23. The highest BCUT2D eigenvalue weighted by molar-refractivity contribution is 7.09. The van der Waals surface area contributed by atoms with Crippen molar-refractivity contribution in [1.82, 2.24) is 28.5 Å². The van der Waals surface area contributed by atoms with Crippen LogP contribution in [0.5, 0.6) is 0 Å². The summed E-state index contributed by atoms with van der Waals surface area (Å²) in [5, 5.41) is 2.12. The van der Waals surface area contributed by atoms with E-state index < -0.39 is 0 Å². The van der Waals surface area contributed by atoms with Gasteiger partial charge in [0.05, 0.1) is 13.0 Å². The van der Waals surface area contributed by atoms with E-state index in [0.717, 1.165) is 37.3 Å². The van der Waals surface area contributed by atoms with Crippen LogP contribution < -0.4 is 11.2 Å². The molecule has 0 aromatic carbocycles. The molecule has 0 unspecified atom stereocenters. The molecule has 3 aromatic rings. The van der Waals surface area contributed by atoms with Crippen LogP contribution in [0, 0.1) is 0 Å². The van der Waals surface area contributed by atoms with Crippen molar-refractivity contribution in [2.24, 2.45) is 14.1 Å². The summed E-state index contributed by atoms with van der Waals surface area (Å²) in [6, 6.07) is 4.27. The van der Waals surface area contributed by atoms with Gasteiger partial charge in [0.1, 0.15) is 0 Å². The van der Waals surface area contributed by atoms with Gasteiger partial charge in [0.15, 0.2) is 11.2 Å². The van der Waals surface area contributed by atoms with Gasteiger partial charge in [-0.2, -0.15) is 0 Å². The van der Waals surface area contributed by atoms with Gasteiger partial charge in [0.2, 0.25) is 0 Å². The maximum absolute atomic E-state index is 12.3. The zero-order valence-corrected chi connectivity index (χ0v) is 15.8. The highest BCUT2D eigenvalue weighted by atomic mass is 32.1. The molecular formula is C17H22N6O2S. The van der Waals surface area contributed by atoms with E-state index in [9.17, 15) is 9.59 Å². The fraction of sp³-hybridized carbons (Fsp3) is 0.471. The Balaban J connectivity index is 1.49. The minimum Gasteiger partial charge on any atom is -0.303 e. The molecule has 0 amide bonds. The predicted molar refractivity (Wildman–Crippen MR) is 101 cm³/mol. The molecule has 1 aliphatic heterocycles. The maximum atomic E-state index is 12.3. The van der Waals surface area contributed by atoms with Gasteiger partial charge in [-0.15, -0.1) is 11.3 Å². The van der Waals surface area contributed by atoms with Crippen molar-refractivity contribution in [2.45, 2.75) is 13.2 Å². The lowest BCUT2D eigenvalue weighted by Gasteiger charge is -2.34. The molecular weight excluding hydrogens is 352 g/mol. The Bertz CT molecular complexity index is 1020. The Morgan fingerprint density at radius 3 is 2.50 bits per heavy atom. The van der Waals surface area contributed by atoms with Gasteiger partial charge in [-0.25, -0.2) is 9.78 Å². The number of hydrogen-bond acceptors (Lipinski definition) is 6. The van der Waals surface area contributed by atoms with E-state index in [1.165, 1.54) is 16.5 Å². The molecule has 0 aliphatic carbocycles. The van der Waals surface area contributed by atoms with Crippen molar-refractivity contribution < 1.29 is 0 Å². The van der Waals surface area contributed by atoms with Gasteiger partial charge in [-0.05, 0) is 11.4 Å². The van der Waals surface area contributed by atoms with Crippen LogP contribution in [-0.2, 0) is 27.3 Å². The van der Waals surface area contributed by atoms with Crippen molar-refractivity contribution in [3.8, 4) is 0 Å². The summed E-state index contributed by atoms with van der Waals surface area (Å²) < 4.78 is 4.49. The van der Waals surface area contributed by atoms with Gasteiger partial charge in [-0.1, -0.05) is 6.07 Å². The number of hydrogen-bond donors (Lipinski definition) is 0. The van der Waals surface area contributed by atoms with Gasteiger partial charge in [0.25, 0.3) is 5.56 Å². The van der Waals surface area contributed by atoms with E-state index in [0.29, 0.717) is 17.8 Å². The van der Waals surface area contributed by atoms with Crippen molar-refractivity contribution in [3.63, 3.8) is 0 Å². The third kappa shape index (κ3) is 3.02. The largest absolute Gasteiger partial charge is 0.332 e. The van der Waals surface area contributed by atoms with Crippen LogP contribution in [0.1, 0.15) is 4.88 Å². The smallest absolute Gasteiger partial charge is 0.303 e. The number of aromatic nitrogens is 4. The van der Waals surface area contributed by atoms with Crippen molar-refractivity contribution >= 4 is 22.5 Å². The van der Waals surface area contributed by atoms with Crippen LogP contribution in [0.4, 0.5) is 0 Å². The van der Waals surface area contributed by atoms with Gasteiger partial charge in [-0.3, -0.25) is 23.7 Å². The molecule has 4 rings (SSSR count). The molecule has 0 N–H and O–H groups in total. The highest BCUT2D eigenvalue weighted by Crippen LogP contribution is 2.14. The Morgan fingerprint density at radius 2 is 1.81 bits per heavy atom. The first-order valence-electron chi connectivity index (χ1n) is 8.62. The van der Waals surface area contributed by atoms with E-state index in [1.807, 2.05) is 4.57 Å². The van der Waals surface area contributed by atoms with E-state index in [2.05, 4.69) is 32.3 Å². The first kappa shape index (κ1) is 17.2. The molecule has 0 atom stereocenters. The van der Waals surface area contributed by atoms with Crippen LogP contribution in [0.2, 0.25) is 0 Å². The van der Waals surface area contributed by atoms with Gasteiger partial charge < -0.3 is 4.57 Å². The minimum atomic E-state index is -0.345. The van der Waals surface area contributed by atoms with Crippen LogP contribution in [0.3, 0.4) is 0 Å². The van der Waals surface area contributed by atoms with Gasteiger partial charge in [0, 0.05) is 51.7 Å². The Kier molecular flexibility index (Phi) is 4.51. The standard InChI is InChI=1S/C17H22N6O2S/c1-19-15-14(16(24)20(2)17(19)25)18-11-23(15)12-22-7-5-21(6-8-22)10-13-4-3-9-26-13/h3-4,9,11H,5-8,10,12H2,1-2H3. The Labute approximate surface area is 154 Å². The number of imidazole rings is 1. The number of fused-ring (bicyclic) bond motifs is 1. The first-order valence-corrected chi connectivity index (χ1v) is 9.50. The summed E-state index contributed by atoms with van der Waals surface area (Å²) in [4.78, 5) is 34.9. The zero-order chi connectivity index (χ0) is 18.3. The molecule has 0 bridgehead atoms. The highest BCUT2D eigenvalue weighted by Gasteiger charge is 2.20. The summed E-state index contributed by atoms with van der Waals surface area (Å²) in [5.74, 6) is 0. The SMILES string of the molecule is Cn1c(=O)c2ncn(CN3CCN(Cc4cccs4)CC3)c2n(C)c1=O. The summed E-state index contributed by atoms with van der Waals surface area (Å²) >= 11 is 1.80. The van der Waals surface area contributed by atoms with E-state index in [-0.39, 0.29) is 11.2 Å². The number of piperazine rings is 1.